The van der Waals surface area contributed by atoms with Gasteiger partial charge in [-0.05, 0) is 0 Å². The van der Waals surface area contributed by atoms with Gasteiger partial charge in [0.25, 0.3) is 0 Å². The number of carbonyl (C=O) groups excluding carboxylic acids is 1. The molecule has 1 fully saturated rings. The average Bonchev–Trinajstić information content (AvgIpc) is 3.20. The molecule has 0 bridgehead atoms. The van der Waals surface area contributed by atoms with Crippen molar-refractivity contribution in [2.75, 3.05) is 31.6 Å². The number of aryl methyl sites for hydroxylation is 1. The minimum atomic E-state index is 0.0430. The maximum Gasteiger partial charge on any atom is 0.246 e. The number of guanidine groups is 1. The standard InChI is InChI=1S/C14H19N7OS/c1-15-14(17-8-12-16-3-6-23-12)20-4-5-21(13(22)10-20)11-7-18-19(2)9-11/h3,6-7,9H,4-5,8,10H2,1-2H3,(H,15,17). The fraction of sp³-hybridized carbons (Fsp3) is 0.429. The first-order valence-corrected chi connectivity index (χ1v) is 8.18. The Morgan fingerprint density at radius 3 is 2.96 bits per heavy atom. The van der Waals surface area contributed by atoms with E-state index in [9.17, 15) is 4.79 Å². The number of carbonyl (C=O) groups is 1. The first-order chi connectivity index (χ1) is 11.2. The maximum absolute atomic E-state index is 12.4. The first-order valence-electron chi connectivity index (χ1n) is 7.30. The van der Waals surface area contributed by atoms with Crippen LogP contribution in [0, 0.1) is 0 Å². The largest absolute Gasteiger partial charge is 0.350 e. The molecule has 8 nitrogen and oxygen atoms in total. The normalized spacial score (nSPS) is 16.1. The van der Waals surface area contributed by atoms with Crippen molar-refractivity contribution in [3.05, 3.63) is 29.0 Å². The number of nitrogens with one attached hydrogen (secondary N) is 1. The summed E-state index contributed by atoms with van der Waals surface area (Å²) in [4.78, 5) is 24.6. The summed E-state index contributed by atoms with van der Waals surface area (Å²) in [5.74, 6) is 0.765. The molecule has 122 valence electrons. The molecule has 1 aliphatic heterocycles. The maximum atomic E-state index is 12.4. The van der Waals surface area contributed by atoms with E-state index >= 15 is 0 Å². The molecule has 0 atom stereocenters. The number of aliphatic imine (C=N–C) groups is 1. The lowest BCUT2D eigenvalue weighted by Gasteiger charge is -2.35. The van der Waals surface area contributed by atoms with Crippen molar-refractivity contribution in [3.63, 3.8) is 0 Å². The molecule has 1 saturated heterocycles. The molecule has 0 aromatic carbocycles. The number of aromatic nitrogens is 3. The van der Waals surface area contributed by atoms with Crippen molar-refractivity contribution in [1.82, 2.24) is 25.0 Å². The van der Waals surface area contributed by atoms with Gasteiger partial charge in [-0.25, -0.2) is 4.98 Å². The third-order valence-corrected chi connectivity index (χ3v) is 4.40. The van der Waals surface area contributed by atoms with Crippen LogP contribution in [0.4, 0.5) is 5.69 Å². The van der Waals surface area contributed by atoms with Crippen LogP contribution >= 0.6 is 11.3 Å². The molecular formula is C14H19N7OS. The number of amides is 1. The lowest BCUT2D eigenvalue weighted by atomic mass is 10.3. The lowest BCUT2D eigenvalue weighted by molar-refractivity contribution is -0.120. The number of nitrogens with zero attached hydrogens (tertiary/aromatic N) is 6. The lowest BCUT2D eigenvalue weighted by Crippen LogP contribution is -2.55. The molecule has 23 heavy (non-hydrogen) atoms. The van der Waals surface area contributed by atoms with Gasteiger partial charge in [0.1, 0.15) is 11.6 Å². The zero-order valence-corrected chi connectivity index (χ0v) is 14.0. The van der Waals surface area contributed by atoms with Crippen molar-refractivity contribution in [1.29, 1.82) is 0 Å². The first kappa shape index (κ1) is 15.5. The monoisotopic (exact) mass is 333 g/mol. The van der Waals surface area contributed by atoms with Crippen LogP contribution in [0.1, 0.15) is 5.01 Å². The van der Waals surface area contributed by atoms with Crippen LogP contribution in [0.5, 0.6) is 0 Å². The SMILES string of the molecule is CN=C(NCc1nccs1)N1CCN(c2cnn(C)c2)C(=O)C1. The molecule has 1 aliphatic rings. The Kier molecular flexibility index (Phi) is 4.56. The van der Waals surface area contributed by atoms with Gasteiger partial charge < -0.3 is 15.1 Å². The molecule has 2 aromatic heterocycles. The summed E-state index contributed by atoms with van der Waals surface area (Å²) >= 11 is 1.59. The van der Waals surface area contributed by atoms with Crippen molar-refractivity contribution < 1.29 is 4.79 Å². The van der Waals surface area contributed by atoms with E-state index < -0.39 is 0 Å². The highest BCUT2D eigenvalue weighted by Gasteiger charge is 2.27. The summed E-state index contributed by atoms with van der Waals surface area (Å²) in [6, 6.07) is 0. The number of thiazole rings is 1. The van der Waals surface area contributed by atoms with E-state index in [4.69, 9.17) is 0 Å². The molecular weight excluding hydrogens is 314 g/mol. The highest BCUT2D eigenvalue weighted by atomic mass is 32.1. The van der Waals surface area contributed by atoms with Gasteiger partial charge >= 0.3 is 0 Å². The van der Waals surface area contributed by atoms with Crippen LogP contribution in [0.15, 0.2) is 29.0 Å². The van der Waals surface area contributed by atoms with Crippen molar-refractivity contribution in [3.8, 4) is 0 Å². The molecule has 0 radical (unpaired) electrons. The van der Waals surface area contributed by atoms with Crippen LogP contribution in [0.2, 0.25) is 0 Å². The molecule has 3 rings (SSSR count). The molecule has 3 heterocycles. The van der Waals surface area contributed by atoms with Gasteiger partial charge in [-0.15, -0.1) is 11.3 Å². The summed E-state index contributed by atoms with van der Waals surface area (Å²) in [5, 5.41) is 10.3. The fourth-order valence-corrected chi connectivity index (χ4v) is 3.06. The zero-order chi connectivity index (χ0) is 16.2. The molecule has 0 spiro atoms. The smallest absolute Gasteiger partial charge is 0.246 e. The van der Waals surface area contributed by atoms with Gasteiger partial charge in [0.15, 0.2) is 5.96 Å². The number of rotatable bonds is 3. The summed E-state index contributed by atoms with van der Waals surface area (Å²) in [6.45, 7) is 2.24. The molecule has 1 N–H and O–H groups in total. The molecule has 0 saturated carbocycles. The number of piperazine rings is 1. The second-order valence-corrected chi connectivity index (χ2v) is 6.14. The quantitative estimate of drug-likeness (QED) is 0.646. The van der Waals surface area contributed by atoms with Crippen molar-refractivity contribution in [2.45, 2.75) is 6.54 Å². The molecule has 0 unspecified atom stereocenters. The van der Waals surface area contributed by atoms with Crippen LogP contribution in [-0.4, -0.2) is 58.2 Å². The van der Waals surface area contributed by atoms with E-state index in [1.807, 2.05) is 23.5 Å². The van der Waals surface area contributed by atoms with Gasteiger partial charge in [0.05, 0.1) is 18.4 Å². The predicted molar refractivity (Wildman–Crippen MR) is 89.4 cm³/mol. The Labute approximate surface area is 138 Å². The second kappa shape index (κ2) is 6.78. The summed E-state index contributed by atoms with van der Waals surface area (Å²) < 4.78 is 1.70. The fourth-order valence-electron chi connectivity index (χ4n) is 2.50. The van der Waals surface area contributed by atoms with Gasteiger partial charge in [-0.2, -0.15) is 5.10 Å². The minimum absolute atomic E-state index is 0.0430. The predicted octanol–water partition coefficient (Wildman–Crippen LogP) is 0.301. The second-order valence-electron chi connectivity index (χ2n) is 5.17. The van der Waals surface area contributed by atoms with Crippen LogP contribution in [0.3, 0.4) is 0 Å². The highest BCUT2D eigenvalue weighted by molar-refractivity contribution is 7.09. The molecule has 2 aromatic rings. The van der Waals surface area contributed by atoms with Gasteiger partial charge in [0.2, 0.25) is 5.91 Å². The third kappa shape index (κ3) is 3.50. The van der Waals surface area contributed by atoms with E-state index in [-0.39, 0.29) is 5.91 Å². The van der Waals surface area contributed by atoms with Crippen LogP contribution < -0.4 is 10.2 Å². The molecule has 9 heteroatoms. The highest BCUT2D eigenvalue weighted by Crippen LogP contribution is 2.16. The van der Waals surface area contributed by atoms with Gasteiger partial charge in [-0.1, -0.05) is 0 Å². The average molecular weight is 333 g/mol. The minimum Gasteiger partial charge on any atom is -0.350 e. The summed E-state index contributed by atoms with van der Waals surface area (Å²) in [5.41, 5.74) is 0.836. The van der Waals surface area contributed by atoms with E-state index in [1.54, 1.807) is 40.4 Å². The van der Waals surface area contributed by atoms with Crippen molar-refractivity contribution in [2.24, 2.45) is 12.0 Å². The molecule has 1 amide bonds. The van der Waals surface area contributed by atoms with E-state index in [0.717, 1.165) is 23.2 Å². The third-order valence-electron chi connectivity index (χ3n) is 3.62. The topological polar surface area (TPSA) is 78.7 Å². The number of anilines is 1. The Hall–Kier alpha value is -2.42. The van der Waals surface area contributed by atoms with Crippen LogP contribution in [0.25, 0.3) is 0 Å². The van der Waals surface area contributed by atoms with Gasteiger partial charge in [-0.3, -0.25) is 14.5 Å². The molecule has 0 aliphatic carbocycles. The Balaban J connectivity index is 1.60. The van der Waals surface area contributed by atoms with Crippen LogP contribution in [-0.2, 0) is 18.4 Å². The van der Waals surface area contributed by atoms with Gasteiger partial charge in [0, 0.05) is 45.0 Å². The van der Waals surface area contributed by atoms with E-state index in [0.29, 0.717) is 19.6 Å². The van der Waals surface area contributed by atoms with Crippen molar-refractivity contribution >= 4 is 28.9 Å². The summed E-state index contributed by atoms with van der Waals surface area (Å²) in [6.07, 6.45) is 5.34. The Morgan fingerprint density at radius 2 is 2.35 bits per heavy atom. The number of hydrogen-bond donors (Lipinski definition) is 1. The number of hydrogen-bond acceptors (Lipinski definition) is 5. The van der Waals surface area contributed by atoms with E-state index in [1.165, 1.54) is 0 Å². The zero-order valence-electron chi connectivity index (χ0n) is 13.1. The Morgan fingerprint density at radius 1 is 1.48 bits per heavy atom. The van der Waals surface area contributed by atoms with E-state index in [2.05, 4.69) is 20.4 Å². The Bertz CT molecular complexity index is 694. The summed E-state index contributed by atoms with van der Waals surface area (Å²) in [7, 11) is 3.57.